The molecule has 0 spiro atoms. The second-order valence-electron chi connectivity index (χ2n) is 3.80. The van der Waals surface area contributed by atoms with Crippen molar-refractivity contribution in [1.29, 1.82) is 0 Å². The van der Waals surface area contributed by atoms with Crippen LogP contribution in [0.25, 0.3) is 0 Å². The van der Waals surface area contributed by atoms with Crippen molar-refractivity contribution >= 4 is 15.9 Å². The normalized spacial score (nSPS) is 11.6. The topological polar surface area (TPSA) is 34.9 Å². The van der Waals surface area contributed by atoms with E-state index in [1.54, 1.807) is 12.1 Å². The van der Waals surface area contributed by atoms with Gasteiger partial charge in [0.15, 0.2) is 0 Å². The average molecular weight is 333 g/mol. The Morgan fingerprint density at radius 2 is 1.95 bits per heavy atom. The van der Waals surface area contributed by atoms with E-state index >= 15 is 0 Å². The van der Waals surface area contributed by atoms with Gasteiger partial charge in [-0.1, -0.05) is 6.07 Å². The van der Waals surface area contributed by atoms with E-state index in [1.165, 1.54) is 6.20 Å². The Bertz CT molecular complexity index is 635. The van der Waals surface area contributed by atoms with Crippen molar-refractivity contribution in [2.24, 2.45) is 0 Å². The number of pyridine rings is 2. The zero-order valence-electron chi connectivity index (χ0n) is 9.49. The molecule has 7 heteroatoms. The maximum absolute atomic E-state index is 12.8. The molecule has 0 atom stereocenters. The van der Waals surface area contributed by atoms with Crippen molar-refractivity contribution in [2.75, 3.05) is 0 Å². The number of aromatic nitrogens is 2. The molecule has 2 heterocycles. The predicted octanol–water partition coefficient (Wildman–Crippen LogP) is 3.07. The number of halogens is 4. The number of hydrogen-bond donors (Lipinski definition) is 0. The third kappa shape index (κ3) is 3.23. The van der Waals surface area contributed by atoms with Gasteiger partial charge in [0.2, 0.25) is 0 Å². The summed E-state index contributed by atoms with van der Waals surface area (Å²) in [5.41, 5.74) is -1.31. The zero-order chi connectivity index (χ0) is 14.0. The van der Waals surface area contributed by atoms with Crippen molar-refractivity contribution in [3.8, 4) is 0 Å². The van der Waals surface area contributed by atoms with Gasteiger partial charge >= 0.3 is 6.18 Å². The Hall–Kier alpha value is -1.63. The van der Waals surface area contributed by atoms with Gasteiger partial charge in [-0.2, -0.15) is 13.2 Å². The smallest absolute Gasteiger partial charge is 0.298 e. The lowest BCUT2D eigenvalue weighted by molar-refractivity contribution is -0.144. The molecule has 0 aliphatic carbocycles. The van der Waals surface area contributed by atoms with Gasteiger partial charge in [-0.3, -0.25) is 14.3 Å². The summed E-state index contributed by atoms with van der Waals surface area (Å²) >= 11 is 3.18. The molecule has 0 bridgehead atoms. The van der Waals surface area contributed by atoms with Gasteiger partial charge in [-0.15, -0.1) is 0 Å². The first-order valence-electron chi connectivity index (χ1n) is 5.25. The van der Waals surface area contributed by atoms with Gasteiger partial charge in [0.05, 0.1) is 12.2 Å². The average Bonchev–Trinajstić information content (AvgIpc) is 2.33. The quantitative estimate of drug-likeness (QED) is 0.847. The van der Waals surface area contributed by atoms with E-state index in [2.05, 4.69) is 20.9 Å². The minimum absolute atomic E-state index is 0.220. The van der Waals surface area contributed by atoms with E-state index in [0.717, 1.165) is 18.2 Å². The van der Waals surface area contributed by atoms with Crippen LogP contribution in [0.3, 0.4) is 0 Å². The largest absolute Gasteiger partial charge is 0.431 e. The van der Waals surface area contributed by atoms with Crippen molar-refractivity contribution in [3.05, 3.63) is 62.7 Å². The summed E-state index contributed by atoms with van der Waals surface area (Å²) in [5.74, 6) is 0. The molecule has 0 aromatic carbocycles. The van der Waals surface area contributed by atoms with Gasteiger partial charge in [-0.05, 0) is 34.1 Å². The van der Waals surface area contributed by atoms with Crippen molar-refractivity contribution in [1.82, 2.24) is 9.55 Å². The van der Waals surface area contributed by atoms with E-state index in [9.17, 15) is 18.0 Å². The van der Waals surface area contributed by atoms with Crippen LogP contribution in [0.4, 0.5) is 13.2 Å². The molecular formula is C12H8BrF3N2O. The second kappa shape index (κ2) is 5.16. The van der Waals surface area contributed by atoms with Gasteiger partial charge in [0.25, 0.3) is 5.56 Å². The van der Waals surface area contributed by atoms with E-state index in [0.29, 0.717) is 14.7 Å². The van der Waals surface area contributed by atoms with E-state index in [4.69, 9.17) is 0 Å². The molecule has 0 amide bonds. The van der Waals surface area contributed by atoms with Crippen LogP contribution < -0.4 is 5.56 Å². The Labute approximate surface area is 114 Å². The molecule has 0 fully saturated rings. The van der Waals surface area contributed by atoms with Crippen molar-refractivity contribution in [2.45, 2.75) is 12.7 Å². The third-order valence-corrected chi connectivity index (χ3v) is 2.92. The van der Waals surface area contributed by atoms with Crippen LogP contribution in [-0.4, -0.2) is 9.55 Å². The van der Waals surface area contributed by atoms with Gasteiger partial charge in [-0.25, -0.2) is 0 Å². The first-order chi connectivity index (χ1) is 8.88. The predicted molar refractivity (Wildman–Crippen MR) is 66.7 cm³/mol. The molecule has 3 nitrogen and oxygen atoms in total. The summed E-state index contributed by atoms with van der Waals surface area (Å²) in [6.07, 6.45) is -3.10. The van der Waals surface area contributed by atoms with Crippen LogP contribution in [0.15, 0.2) is 45.8 Å². The van der Waals surface area contributed by atoms with Crippen molar-refractivity contribution in [3.63, 3.8) is 0 Å². The van der Waals surface area contributed by atoms with Crippen LogP contribution in [0.5, 0.6) is 0 Å². The maximum atomic E-state index is 12.8. The highest BCUT2D eigenvalue weighted by Crippen LogP contribution is 2.28. The number of rotatable bonds is 2. The van der Waals surface area contributed by atoms with Crippen LogP contribution in [-0.2, 0) is 12.7 Å². The first kappa shape index (κ1) is 13.8. The summed E-state index contributed by atoms with van der Waals surface area (Å²) in [5, 5.41) is 0. The van der Waals surface area contributed by atoms with Crippen LogP contribution in [0.1, 0.15) is 11.4 Å². The van der Waals surface area contributed by atoms with Gasteiger partial charge in [0.1, 0.15) is 5.69 Å². The minimum atomic E-state index is -4.57. The zero-order valence-corrected chi connectivity index (χ0v) is 11.1. The summed E-state index contributed by atoms with van der Waals surface area (Å²) in [4.78, 5) is 15.5. The highest BCUT2D eigenvalue weighted by molar-refractivity contribution is 9.10. The molecule has 100 valence electrons. The summed E-state index contributed by atoms with van der Waals surface area (Å²) in [6, 6.07) is 6.28. The fraction of sp³-hybridized carbons (Fsp3) is 0.167. The van der Waals surface area contributed by atoms with E-state index in [1.807, 2.05) is 0 Å². The minimum Gasteiger partial charge on any atom is -0.298 e. The van der Waals surface area contributed by atoms with E-state index in [-0.39, 0.29) is 6.54 Å². The molecule has 0 aliphatic heterocycles. The lowest BCUT2D eigenvalue weighted by Gasteiger charge is -2.14. The Morgan fingerprint density at radius 3 is 2.53 bits per heavy atom. The lowest BCUT2D eigenvalue weighted by Crippen LogP contribution is -2.27. The van der Waals surface area contributed by atoms with Crippen LogP contribution in [0, 0.1) is 0 Å². The molecular weight excluding hydrogens is 325 g/mol. The summed E-state index contributed by atoms with van der Waals surface area (Å²) in [7, 11) is 0. The molecule has 0 aliphatic rings. The number of alkyl halides is 3. The SMILES string of the molecule is O=c1cccc(C(F)(F)F)n1Cc1ccc(Br)cn1. The Morgan fingerprint density at radius 1 is 1.21 bits per heavy atom. The second-order valence-corrected chi connectivity index (χ2v) is 4.72. The van der Waals surface area contributed by atoms with Gasteiger partial charge in [0, 0.05) is 16.7 Å². The monoisotopic (exact) mass is 332 g/mol. The maximum Gasteiger partial charge on any atom is 0.431 e. The standard InChI is InChI=1S/C12H8BrF3N2O/c13-8-4-5-9(17-6-8)7-18-10(12(14,15)16)2-1-3-11(18)19/h1-6H,7H2. The fourth-order valence-electron chi connectivity index (χ4n) is 1.59. The summed E-state index contributed by atoms with van der Waals surface area (Å²) in [6.45, 7) is -0.220. The third-order valence-electron chi connectivity index (χ3n) is 2.45. The Balaban J connectivity index is 2.45. The lowest BCUT2D eigenvalue weighted by atomic mass is 10.3. The molecule has 0 unspecified atom stereocenters. The molecule has 0 saturated carbocycles. The molecule has 2 aromatic heterocycles. The van der Waals surface area contributed by atoms with Crippen LogP contribution in [0.2, 0.25) is 0 Å². The number of hydrogen-bond acceptors (Lipinski definition) is 2. The number of nitrogens with zero attached hydrogens (tertiary/aromatic N) is 2. The van der Waals surface area contributed by atoms with Crippen LogP contribution >= 0.6 is 15.9 Å². The Kier molecular flexibility index (Phi) is 3.75. The highest BCUT2D eigenvalue weighted by atomic mass is 79.9. The van der Waals surface area contributed by atoms with Crippen molar-refractivity contribution < 1.29 is 13.2 Å². The first-order valence-corrected chi connectivity index (χ1v) is 6.05. The molecule has 0 N–H and O–H groups in total. The molecule has 19 heavy (non-hydrogen) atoms. The van der Waals surface area contributed by atoms with E-state index < -0.39 is 17.4 Å². The molecule has 0 saturated heterocycles. The molecule has 2 aromatic rings. The highest BCUT2D eigenvalue weighted by Gasteiger charge is 2.34. The van der Waals surface area contributed by atoms with Gasteiger partial charge < -0.3 is 0 Å². The molecule has 0 radical (unpaired) electrons. The fourth-order valence-corrected chi connectivity index (χ4v) is 1.83. The molecule has 2 rings (SSSR count). The summed E-state index contributed by atoms with van der Waals surface area (Å²) < 4.78 is 39.8.